The van der Waals surface area contributed by atoms with E-state index >= 15 is 0 Å². The van der Waals surface area contributed by atoms with Crippen LogP contribution in [0.15, 0.2) is 57.9 Å². The zero-order valence-corrected chi connectivity index (χ0v) is 19.9. The Morgan fingerprint density at radius 3 is 2.52 bits per heavy atom. The van der Waals surface area contributed by atoms with E-state index in [9.17, 15) is 26.8 Å². The molecule has 0 spiro atoms. The molecular weight excluding hydrogens is 542 g/mol. The van der Waals surface area contributed by atoms with Crippen molar-refractivity contribution in [1.82, 2.24) is 5.32 Å². The van der Waals surface area contributed by atoms with E-state index in [-0.39, 0.29) is 32.3 Å². The third-order valence-electron chi connectivity index (χ3n) is 5.03. The zero-order chi connectivity index (χ0) is 24.1. The van der Waals surface area contributed by atoms with E-state index in [0.717, 1.165) is 24.5 Å². The smallest absolute Gasteiger partial charge is 0.255 e. The molecule has 0 aromatic heterocycles. The SMILES string of the molecule is CS(=O)(=O)c1cc(F)cc(C(=O)Nc2cc(Br)cc3c2C(c2cc(F)ccc2Cl)NC3=O)c1. The lowest BCUT2D eigenvalue weighted by Gasteiger charge is -2.18. The molecule has 1 aliphatic heterocycles. The largest absolute Gasteiger partial charge is 0.341 e. The minimum absolute atomic E-state index is 0.179. The molecule has 11 heteroatoms. The number of halogens is 4. The van der Waals surface area contributed by atoms with Crippen molar-refractivity contribution in [3.05, 3.63) is 91.9 Å². The Labute approximate surface area is 201 Å². The number of carbonyl (C=O) groups excluding carboxylic acids is 2. The van der Waals surface area contributed by atoms with E-state index in [1.54, 1.807) is 0 Å². The summed E-state index contributed by atoms with van der Waals surface area (Å²) >= 11 is 9.52. The molecular formula is C22H14BrClF2N2O4S. The van der Waals surface area contributed by atoms with Crippen LogP contribution in [0.3, 0.4) is 0 Å². The number of rotatable bonds is 4. The first-order valence-electron chi connectivity index (χ1n) is 9.35. The van der Waals surface area contributed by atoms with Gasteiger partial charge in [0.15, 0.2) is 9.84 Å². The van der Waals surface area contributed by atoms with E-state index in [2.05, 4.69) is 26.6 Å². The summed E-state index contributed by atoms with van der Waals surface area (Å²) in [5.41, 5.74) is 0.788. The topological polar surface area (TPSA) is 92.3 Å². The lowest BCUT2D eigenvalue weighted by molar-refractivity contribution is 0.0959. The molecule has 1 heterocycles. The van der Waals surface area contributed by atoms with Gasteiger partial charge in [-0.3, -0.25) is 9.59 Å². The summed E-state index contributed by atoms with van der Waals surface area (Å²) in [6, 6.07) is 8.67. The molecule has 2 N–H and O–H groups in total. The van der Waals surface area contributed by atoms with Gasteiger partial charge in [-0.15, -0.1) is 0 Å². The molecule has 1 unspecified atom stereocenters. The monoisotopic (exact) mass is 554 g/mol. The molecule has 3 aromatic rings. The number of sulfone groups is 1. The Kier molecular flexibility index (Phi) is 6.02. The van der Waals surface area contributed by atoms with Crippen molar-refractivity contribution in [2.24, 2.45) is 0 Å². The number of nitrogens with one attached hydrogen (secondary N) is 2. The molecule has 0 fully saturated rings. The first kappa shape index (κ1) is 23.3. The van der Waals surface area contributed by atoms with Gasteiger partial charge in [0.05, 0.1) is 10.9 Å². The van der Waals surface area contributed by atoms with Crippen molar-refractivity contribution in [2.45, 2.75) is 10.9 Å². The Morgan fingerprint density at radius 2 is 1.82 bits per heavy atom. The van der Waals surface area contributed by atoms with Crippen molar-refractivity contribution in [3.63, 3.8) is 0 Å². The standard InChI is InChI=1S/C22H14BrClF2N2O4S/c1-33(31,32)14-5-10(4-13(26)8-14)21(29)27-18-7-11(23)6-16-19(18)20(28-22(16)30)15-9-12(25)2-3-17(15)24/h2-9,20H,1H3,(H,27,29)(H,28,30). The lowest BCUT2D eigenvalue weighted by atomic mass is 9.96. The first-order valence-corrected chi connectivity index (χ1v) is 12.4. The van der Waals surface area contributed by atoms with Crippen LogP contribution in [-0.4, -0.2) is 26.5 Å². The second-order valence-corrected chi connectivity index (χ2v) is 10.7. The lowest BCUT2D eigenvalue weighted by Crippen LogP contribution is -2.21. The molecule has 2 amide bonds. The molecule has 0 radical (unpaired) electrons. The Hall–Kier alpha value is -2.82. The van der Waals surface area contributed by atoms with Gasteiger partial charge in [-0.25, -0.2) is 17.2 Å². The zero-order valence-electron chi connectivity index (χ0n) is 16.7. The molecule has 1 aliphatic rings. The highest BCUT2D eigenvalue weighted by Gasteiger charge is 2.34. The van der Waals surface area contributed by atoms with Crippen LogP contribution in [0.2, 0.25) is 5.02 Å². The van der Waals surface area contributed by atoms with Gasteiger partial charge in [0.1, 0.15) is 11.6 Å². The maximum atomic E-state index is 14.0. The minimum atomic E-state index is -3.76. The van der Waals surface area contributed by atoms with Crippen LogP contribution in [0, 0.1) is 11.6 Å². The Bertz CT molecular complexity index is 1450. The van der Waals surface area contributed by atoms with Crippen LogP contribution in [-0.2, 0) is 9.84 Å². The second kappa shape index (κ2) is 8.51. The van der Waals surface area contributed by atoms with Gasteiger partial charge < -0.3 is 10.6 Å². The van der Waals surface area contributed by atoms with E-state index in [1.165, 1.54) is 30.3 Å². The molecule has 33 heavy (non-hydrogen) atoms. The van der Waals surface area contributed by atoms with Gasteiger partial charge in [0.25, 0.3) is 11.8 Å². The average molecular weight is 556 g/mol. The fourth-order valence-corrected chi connectivity index (χ4v) is 4.92. The quantitative estimate of drug-likeness (QED) is 0.481. The maximum Gasteiger partial charge on any atom is 0.255 e. The third-order valence-corrected chi connectivity index (χ3v) is 6.93. The number of hydrogen-bond donors (Lipinski definition) is 2. The number of carbonyl (C=O) groups is 2. The fourth-order valence-electron chi connectivity index (χ4n) is 3.57. The van der Waals surface area contributed by atoms with Crippen molar-refractivity contribution in [2.75, 3.05) is 11.6 Å². The summed E-state index contributed by atoms with van der Waals surface area (Å²) < 4.78 is 52.0. The van der Waals surface area contributed by atoms with Gasteiger partial charge in [-0.2, -0.15) is 0 Å². The van der Waals surface area contributed by atoms with E-state index in [4.69, 9.17) is 11.6 Å². The summed E-state index contributed by atoms with van der Waals surface area (Å²) in [7, 11) is -3.76. The molecule has 1 atom stereocenters. The van der Waals surface area contributed by atoms with E-state index in [1.807, 2.05) is 0 Å². The van der Waals surface area contributed by atoms with Crippen molar-refractivity contribution in [1.29, 1.82) is 0 Å². The first-order chi connectivity index (χ1) is 15.4. The Balaban J connectivity index is 1.80. The highest BCUT2D eigenvalue weighted by Crippen LogP contribution is 2.41. The predicted molar refractivity (Wildman–Crippen MR) is 122 cm³/mol. The van der Waals surface area contributed by atoms with Gasteiger partial charge in [0, 0.05) is 43.7 Å². The normalized spacial score (nSPS) is 15.2. The summed E-state index contributed by atoms with van der Waals surface area (Å²) in [6.07, 6.45) is 0.898. The molecule has 4 rings (SSSR count). The van der Waals surface area contributed by atoms with Crippen molar-refractivity contribution < 1.29 is 26.8 Å². The second-order valence-electron chi connectivity index (χ2n) is 7.39. The number of hydrogen-bond acceptors (Lipinski definition) is 4. The number of fused-ring (bicyclic) bond motifs is 1. The van der Waals surface area contributed by atoms with Crippen LogP contribution in [0.4, 0.5) is 14.5 Å². The van der Waals surface area contributed by atoms with Crippen molar-refractivity contribution in [3.8, 4) is 0 Å². The van der Waals surface area contributed by atoms with Crippen LogP contribution < -0.4 is 10.6 Å². The highest BCUT2D eigenvalue weighted by molar-refractivity contribution is 9.10. The summed E-state index contributed by atoms with van der Waals surface area (Å²) in [5, 5.41) is 5.53. The molecule has 3 aromatic carbocycles. The van der Waals surface area contributed by atoms with Gasteiger partial charge in [-0.05, 0) is 48.5 Å². The average Bonchev–Trinajstić information content (AvgIpc) is 3.05. The third kappa shape index (κ3) is 4.64. The fraction of sp³-hybridized carbons (Fsp3) is 0.0909. The molecule has 6 nitrogen and oxygen atoms in total. The van der Waals surface area contributed by atoms with Gasteiger partial charge in [-0.1, -0.05) is 27.5 Å². The molecule has 0 saturated heterocycles. The van der Waals surface area contributed by atoms with Crippen LogP contribution >= 0.6 is 27.5 Å². The van der Waals surface area contributed by atoms with Gasteiger partial charge in [0.2, 0.25) is 0 Å². The minimum Gasteiger partial charge on any atom is -0.341 e. The maximum absolute atomic E-state index is 14.0. The summed E-state index contributed by atoms with van der Waals surface area (Å²) in [4.78, 5) is 25.2. The number of amides is 2. The highest BCUT2D eigenvalue weighted by atomic mass is 79.9. The van der Waals surface area contributed by atoms with Crippen LogP contribution in [0.25, 0.3) is 0 Å². The Morgan fingerprint density at radius 1 is 1.09 bits per heavy atom. The van der Waals surface area contributed by atoms with E-state index < -0.39 is 39.3 Å². The number of anilines is 1. The van der Waals surface area contributed by atoms with Crippen LogP contribution in [0.1, 0.15) is 37.9 Å². The number of benzene rings is 3. The molecule has 0 saturated carbocycles. The van der Waals surface area contributed by atoms with Gasteiger partial charge >= 0.3 is 0 Å². The predicted octanol–water partition coefficient (Wildman–Crippen LogP) is 4.87. The van der Waals surface area contributed by atoms with E-state index in [0.29, 0.717) is 10.0 Å². The molecule has 170 valence electrons. The summed E-state index contributed by atoms with van der Waals surface area (Å²) in [6.45, 7) is 0. The van der Waals surface area contributed by atoms with Crippen molar-refractivity contribution >= 4 is 54.9 Å². The summed E-state index contributed by atoms with van der Waals surface area (Å²) in [5.74, 6) is -2.72. The molecule has 0 aliphatic carbocycles. The van der Waals surface area contributed by atoms with Crippen LogP contribution in [0.5, 0.6) is 0 Å². The molecule has 0 bridgehead atoms.